The van der Waals surface area contributed by atoms with Gasteiger partial charge in [-0.2, -0.15) is 0 Å². The number of halogens is 1. The first-order valence-corrected chi connectivity index (χ1v) is 9.93. The van der Waals surface area contributed by atoms with Crippen LogP contribution < -0.4 is 5.32 Å². The molecule has 2 nitrogen and oxygen atoms in total. The summed E-state index contributed by atoms with van der Waals surface area (Å²) in [6.45, 7) is 3.02. The van der Waals surface area contributed by atoms with E-state index < -0.39 is 6.10 Å². The van der Waals surface area contributed by atoms with Gasteiger partial charge in [0.05, 0.1) is 6.10 Å². The molecule has 0 saturated carbocycles. The maximum Gasteiger partial charge on any atom is 0.0940 e. The minimum Gasteiger partial charge on any atom is -0.387 e. The van der Waals surface area contributed by atoms with Gasteiger partial charge >= 0.3 is 0 Å². The Morgan fingerprint density at radius 3 is 2.72 bits per heavy atom. The van der Waals surface area contributed by atoms with Crippen LogP contribution in [-0.4, -0.2) is 23.4 Å². The third kappa shape index (κ3) is 5.75. The number of rotatable bonds is 8. The first-order valence-electron chi connectivity index (χ1n) is 8.95. The Morgan fingerprint density at radius 2 is 1.92 bits per heavy atom. The predicted octanol–water partition coefficient (Wildman–Crippen LogP) is 4.79. The summed E-state index contributed by atoms with van der Waals surface area (Å²) in [5.41, 5.74) is 3.84. The van der Waals surface area contributed by atoms with E-state index in [1.807, 2.05) is 11.8 Å². The van der Waals surface area contributed by atoms with Gasteiger partial charge < -0.3 is 10.4 Å². The highest BCUT2D eigenvalue weighted by molar-refractivity contribution is 7.99. The largest absolute Gasteiger partial charge is 0.387 e. The quantitative estimate of drug-likeness (QED) is 0.648. The lowest BCUT2D eigenvalue weighted by Crippen LogP contribution is -2.33. The van der Waals surface area contributed by atoms with Crippen molar-refractivity contribution < 1.29 is 5.11 Å². The van der Waals surface area contributed by atoms with E-state index in [1.54, 1.807) is 0 Å². The van der Waals surface area contributed by atoms with Gasteiger partial charge in [-0.1, -0.05) is 42.5 Å². The van der Waals surface area contributed by atoms with Crippen molar-refractivity contribution in [2.24, 2.45) is 0 Å². The van der Waals surface area contributed by atoms with Crippen LogP contribution in [0.1, 0.15) is 42.6 Å². The molecule has 0 aliphatic carbocycles. The van der Waals surface area contributed by atoms with Crippen LogP contribution >= 0.6 is 24.2 Å². The zero-order valence-corrected chi connectivity index (χ0v) is 16.4. The van der Waals surface area contributed by atoms with E-state index in [0.29, 0.717) is 0 Å². The molecule has 0 fully saturated rings. The van der Waals surface area contributed by atoms with Gasteiger partial charge in [0.2, 0.25) is 0 Å². The molecule has 2 aromatic carbocycles. The molecule has 0 amide bonds. The molecule has 0 spiro atoms. The Hall–Kier alpha value is -1.000. The van der Waals surface area contributed by atoms with Crippen molar-refractivity contribution in [1.82, 2.24) is 5.32 Å². The Labute approximate surface area is 161 Å². The van der Waals surface area contributed by atoms with Gasteiger partial charge in [-0.25, -0.2) is 0 Å². The minimum absolute atomic E-state index is 0. The van der Waals surface area contributed by atoms with Gasteiger partial charge in [-0.3, -0.25) is 0 Å². The van der Waals surface area contributed by atoms with E-state index >= 15 is 0 Å². The van der Waals surface area contributed by atoms with Crippen molar-refractivity contribution >= 4 is 24.2 Å². The second kappa shape index (κ2) is 10.2. The average molecular weight is 378 g/mol. The fourth-order valence-corrected chi connectivity index (χ4v) is 4.27. The molecule has 1 heterocycles. The Morgan fingerprint density at radius 1 is 1.12 bits per heavy atom. The van der Waals surface area contributed by atoms with E-state index in [-0.39, 0.29) is 18.4 Å². The number of unbranched alkanes of at least 4 members (excludes halogenated alkanes) is 1. The molecule has 0 aromatic heterocycles. The van der Waals surface area contributed by atoms with Crippen LogP contribution in [0.3, 0.4) is 0 Å². The van der Waals surface area contributed by atoms with E-state index in [1.165, 1.54) is 28.2 Å². The summed E-state index contributed by atoms with van der Waals surface area (Å²) in [6, 6.07) is 17.1. The van der Waals surface area contributed by atoms with Crippen molar-refractivity contribution in [1.29, 1.82) is 0 Å². The van der Waals surface area contributed by atoms with E-state index in [0.717, 1.165) is 31.4 Å². The number of hydrogen-bond donors (Lipinski definition) is 2. The van der Waals surface area contributed by atoms with E-state index in [2.05, 4.69) is 60.8 Å². The van der Waals surface area contributed by atoms with Crippen molar-refractivity contribution in [3.8, 4) is 0 Å². The van der Waals surface area contributed by atoms with E-state index in [9.17, 15) is 5.11 Å². The highest BCUT2D eigenvalue weighted by Gasteiger charge is 2.19. The topological polar surface area (TPSA) is 32.3 Å². The average Bonchev–Trinajstić information content (AvgIpc) is 3.09. The van der Waals surface area contributed by atoms with Crippen LogP contribution in [-0.2, 0) is 12.8 Å². The van der Waals surface area contributed by atoms with Crippen molar-refractivity contribution in [2.75, 3.05) is 12.3 Å². The Bertz CT molecular complexity index is 650. The molecule has 0 radical (unpaired) electrons. The lowest BCUT2D eigenvalue weighted by Gasteiger charge is -2.21. The minimum atomic E-state index is -0.435. The highest BCUT2D eigenvalue weighted by atomic mass is 35.5. The molecule has 0 bridgehead atoms. The summed E-state index contributed by atoms with van der Waals surface area (Å²) in [6.07, 6.45) is 4.13. The second-order valence-electron chi connectivity index (χ2n) is 6.60. The van der Waals surface area contributed by atoms with Gasteiger partial charge in [-0.05, 0) is 61.9 Å². The summed E-state index contributed by atoms with van der Waals surface area (Å²) in [5, 5.41) is 14.1. The van der Waals surface area contributed by atoms with Gasteiger partial charge in [0.1, 0.15) is 0 Å². The van der Waals surface area contributed by atoms with Crippen molar-refractivity contribution in [3.63, 3.8) is 0 Å². The molecule has 2 aromatic rings. The number of aliphatic hydroxyl groups excluding tert-OH is 1. The Kier molecular flexibility index (Phi) is 8.31. The first kappa shape index (κ1) is 20.3. The number of fused-ring (bicyclic) bond motifs is 1. The maximum atomic E-state index is 10.6. The van der Waals surface area contributed by atoms with Crippen LogP contribution in [0.2, 0.25) is 0 Å². The van der Waals surface area contributed by atoms with Crippen LogP contribution in [0.25, 0.3) is 0 Å². The summed E-state index contributed by atoms with van der Waals surface area (Å²) >= 11 is 1.92. The van der Waals surface area contributed by atoms with Gasteiger partial charge in [-0.15, -0.1) is 24.2 Å². The third-order valence-corrected chi connectivity index (χ3v) is 5.85. The molecule has 2 unspecified atom stereocenters. The lowest BCUT2D eigenvalue weighted by molar-refractivity contribution is 0.136. The van der Waals surface area contributed by atoms with Gasteiger partial charge in [0.15, 0.2) is 0 Å². The smallest absolute Gasteiger partial charge is 0.0940 e. The van der Waals surface area contributed by atoms with Gasteiger partial charge in [0.25, 0.3) is 0 Å². The molecule has 4 heteroatoms. The maximum absolute atomic E-state index is 10.6. The molecular weight excluding hydrogens is 350 g/mol. The van der Waals surface area contributed by atoms with Crippen molar-refractivity contribution in [2.45, 2.75) is 49.6 Å². The second-order valence-corrected chi connectivity index (χ2v) is 7.73. The molecule has 3 rings (SSSR count). The molecule has 1 aliphatic rings. The third-order valence-electron chi connectivity index (χ3n) is 4.73. The summed E-state index contributed by atoms with van der Waals surface area (Å²) in [4.78, 5) is 1.38. The SMILES string of the molecule is CC(NCCCCc1ccccc1)C(O)c1ccc2c(c1)CCS2.Cl. The lowest BCUT2D eigenvalue weighted by atomic mass is 10.00. The molecule has 1 aliphatic heterocycles. The van der Waals surface area contributed by atoms with Crippen LogP contribution in [0.4, 0.5) is 0 Å². The van der Waals surface area contributed by atoms with Crippen LogP contribution in [0, 0.1) is 0 Å². The number of thioether (sulfide) groups is 1. The summed E-state index contributed by atoms with van der Waals surface area (Å²) < 4.78 is 0. The molecule has 0 saturated heterocycles. The number of aliphatic hydroxyl groups is 1. The molecule has 2 atom stereocenters. The van der Waals surface area contributed by atoms with Gasteiger partial charge in [0, 0.05) is 16.7 Å². The standard InChI is InChI=1S/C21H27NOS.ClH/c1-16(22-13-6-5-9-17-7-3-2-4-8-17)21(23)19-10-11-20-18(15-19)12-14-24-20;/h2-4,7-8,10-11,15-16,21-23H,5-6,9,12-14H2,1H3;1H. The Balaban J connectivity index is 0.00000225. The predicted molar refractivity (Wildman–Crippen MR) is 110 cm³/mol. The zero-order valence-electron chi connectivity index (χ0n) is 14.8. The summed E-state index contributed by atoms with van der Waals surface area (Å²) in [7, 11) is 0. The number of aryl methyl sites for hydroxylation is 2. The number of hydrogen-bond acceptors (Lipinski definition) is 3. The summed E-state index contributed by atoms with van der Waals surface area (Å²) in [5.74, 6) is 1.17. The molecule has 2 N–H and O–H groups in total. The fourth-order valence-electron chi connectivity index (χ4n) is 3.22. The zero-order chi connectivity index (χ0) is 16.8. The number of nitrogens with one attached hydrogen (secondary N) is 1. The van der Waals surface area contributed by atoms with Crippen LogP contribution in [0.5, 0.6) is 0 Å². The molecule has 25 heavy (non-hydrogen) atoms. The number of benzene rings is 2. The highest BCUT2D eigenvalue weighted by Crippen LogP contribution is 2.33. The normalized spacial score (nSPS) is 15.3. The first-order chi connectivity index (χ1) is 11.7. The fraction of sp³-hybridized carbons (Fsp3) is 0.429. The molecule has 136 valence electrons. The van der Waals surface area contributed by atoms with Crippen LogP contribution in [0.15, 0.2) is 53.4 Å². The van der Waals surface area contributed by atoms with E-state index in [4.69, 9.17) is 0 Å². The molecular formula is C21H28ClNOS. The monoisotopic (exact) mass is 377 g/mol. The van der Waals surface area contributed by atoms with Crippen molar-refractivity contribution in [3.05, 3.63) is 65.2 Å².